The largest absolute Gasteiger partial charge is 0.481 e. The van der Waals surface area contributed by atoms with Crippen molar-refractivity contribution in [2.75, 3.05) is 12.4 Å². The number of carbonyl (C=O) groups is 2. The Labute approximate surface area is 128 Å². The third kappa shape index (κ3) is 3.63. The summed E-state index contributed by atoms with van der Waals surface area (Å²) in [4.78, 5) is 23.5. The number of hydrogen-bond donors (Lipinski definition) is 2. The van der Waals surface area contributed by atoms with Crippen LogP contribution in [-0.4, -0.2) is 24.2 Å². The van der Waals surface area contributed by atoms with E-state index >= 15 is 0 Å². The van der Waals surface area contributed by atoms with Crippen LogP contribution in [0, 0.1) is 5.92 Å². The Balaban J connectivity index is 2.40. The molecule has 0 heterocycles. The minimum atomic E-state index is -1.34. The number of para-hydroxylation sites is 1. The highest BCUT2D eigenvalue weighted by molar-refractivity contribution is 5.95. The van der Waals surface area contributed by atoms with Crippen molar-refractivity contribution < 1.29 is 19.4 Å². The van der Waals surface area contributed by atoms with Crippen LogP contribution in [0.25, 0.3) is 0 Å². The maximum absolute atomic E-state index is 11.9. The molecular weight excluding hydrogens is 282 g/mol. The molecule has 5 nitrogen and oxygen atoms in total. The van der Waals surface area contributed by atoms with Crippen molar-refractivity contribution in [3.8, 4) is 0 Å². The van der Waals surface area contributed by atoms with Crippen molar-refractivity contribution >= 4 is 17.6 Å². The molecule has 0 aromatic heterocycles. The monoisotopic (exact) mass is 299 g/mol. The van der Waals surface area contributed by atoms with Gasteiger partial charge >= 0.3 is 11.9 Å². The predicted molar refractivity (Wildman–Crippen MR) is 82.4 cm³/mol. The van der Waals surface area contributed by atoms with E-state index in [4.69, 9.17) is 0 Å². The zero-order chi connectivity index (χ0) is 15.9. The van der Waals surface area contributed by atoms with Gasteiger partial charge in [0.2, 0.25) is 0 Å². The van der Waals surface area contributed by atoms with E-state index in [9.17, 15) is 14.7 Å². The summed E-state index contributed by atoms with van der Waals surface area (Å²) in [6.45, 7) is 0. The van der Waals surface area contributed by atoms with Crippen LogP contribution in [0.1, 0.15) is 11.6 Å². The number of carboxylic acids is 1. The first-order valence-electron chi connectivity index (χ1n) is 6.80. The highest BCUT2D eigenvalue weighted by Gasteiger charge is 2.37. The van der Waals surface area contributed by atoms with E-state index in [0.29, 0.717) is 5.56 Å². The average molecular weight is 299 g/mol. The molecule has 0 amide bonds. The van der Waals surface area contributed by atoms with Gasteiger partial charge in [-0.25, -0.2) is 0 Å². The quantitative estimate of drug-likeness (QED) is 0.633. The lowest BCUT2D eigenvalue weighted by Gasteiger charge is -2.25. The summed E-state index contributed by atoms with van der Waals surface area (Å²) >= 11 is 0. The molecule has 0 spiro atoms. The molecule has 0 fully saturated rings. The molecule has 0 aliphatic rings. The zero-order valence-electron chi connectivity index (χ0n) is 12.1. The van der Waals surface area contributed by atoms with E-state index in [-0.39, 0.29) is 0 Å². The summed E-state index contributed by atoms with van der Waals surface area (Å²) in [5, 5.41) is 12.6. The number of rotatable bonds is 6. The standard InChI is InChI=1S/C17H17NO4/c1-22-17(21)14(16(19)20)15(12-8-4-2-5-9-12)18-13-10-6-3-7-11-13/h2-11,14-15,18H,1H3,(H,19,20). The van der Waals surface area contributed by atoms with Crippen LogP contribution in [0.3, 0.4) is 0 Å². The Kier molecular flexibility index (Phi) is 5.14. The Hall–Kier alpha value is -2.82. The zero-order valence-corrected chi connectivity index (χ0v) is 12.1. The molecule has 2 aromatic carbocycles. The van der Waals surface area contributed by atoms with Gasteiger partial charge in [0.15, 0.2) is 5.92 Å². The summed E-state index contributed by atoms with van der Waals surface area (Å²) in [5.41, 5.74) is 1.43. The van der Waals surface area contributed by atoms with Gasteiger partial charge < -0.3 is 15.2 Å². The number of benzene rings is 2. The van der Waals surface area contributed by atoms with Gasteiger partial charge in [0.25, 0.3) is 0 Å². The lowest BCUT2D eigenvalue weighted by molar-refractivity contribution is -0.157. The Morgan fingerprint density at radius 3 is 2.05 bits per heavy atom. The number of esters is 1. The molecule has 0 radical (unpaired) electrons. The van der Waals surface area contributed by atoms with Crippen molar-refractivity contribution in [1.29, 1.82) is 0 Å². The van der Waals surface area contributed by atoms with Gasteiger partial charge in [-0.1, -0.05) is 48.5 Å². The fraction of sp³-hybridized carbons (Fsp3) is 0.176. The first-order valence-corrected chi connectivity index (χ1v) is 6.80. The summed E-state index contributed by atoms with van der Waals surface area (Å²) < 4.78 is 4.65. The molecule has 2 aromatic rings. The number of nitrogens with one attached hydrogen (secondary N) is 1. The van der Waals surface area contributed by atoms with Gasteiger partial charge in [0.05, 0.1) is 13.2 Å². The fourth-order valence-electron chi connectivity index (χ4n) is 2.24. The number of methoxy groups -OCH3 is 1. The SMILES string of the molecule is COC(=O)C(C(=O)O)C(Nc1ccccc1)c1ccccc1. The molecule has 5 heteroatoms. The molecule has 2 rings (SSSR count). The number of anilines is 1. The molecule has 22 heavy (non-hydrogen) atoms. The average Bonchev–Trinajstić information content (AvgIpc) is 2.55. The Morgan fingerprint density at radius 2 is 1.55 bits per heavy atom. The lowest BCUT2D eigenvalue weighted by atomic mass is 9.92. The second-order valence-corrected chi connectivity index (χ2v) is 4.74. The van der Waals surface area contributed by atoms with Crippen molar-refractivity contribution in [2.45, 2.75) is 6.04 Å². The van der Waals surface area contributed by atoms with Gasteiger partial charge in [-0.2, -0.15) is 0 Å². The molecule has 0 aliphatic heterocycles. The van der Waals surface area contributed by atoms with Crippen molar-refractivity contribution in [3.63, 3.8) is 0 Å². The van der Waals surface area contributed by atoms with E-state index in [2.05, 4.69) is 10.1 Å². The maximum atomic E-state index is 11.9. The highest BCUT2D eigenvalue weighted by Crippen LogP contribution is 2.28. The van der Waals surface area contributed by atoms with Gasteiger partial charge in [0.1, 0.15) is 0 Å². The number of hydrogen-bond acceptors (Lipinski definition) is 4. The fourth-order valence-corrected chi connectivity index (χ4v) is 2.24. The molecule has 114 valence electrons. The molecule has 2 unspecified atom stereocenters. The molecule has 0 aliphatic carbocycles. The van der Waals surface area contributed by atoms with Crippen LogP contribution in [0.5, 0.6) is 0 Å². The van der Waals surface area contributed by atoms with Gasteiger partial charge in [-0.05, 0) is 17.7 Å². The normalized spacial score (nSPS) is 13.0. The first kappa shape index (κ1) is 15.6. The highest BCUT2D eigenvalue weighted by atomic mass is 16.5. The maximum Gasteiger partial charge on any atom is 0.322 e. The minimum absolute atomic E-state index is 0.698. The van der Waals surface area contributed by atoms with Crippen molar-refractivity contribution in [3.05, 3.63) is 66.2 Å². The molecule has 0 bridgehead atoms. The van der Waals surface area contributed by atoms with Crippen LogP contribution >= 0.6 is 0 Å². The number of ether oxygens (including phenoxy) is 1. The Bertz CT molecular complexity index is 628. The van der Waals surface area contributed by atoms with Gasteiger partial charge in [-0.15, -0.1) is 0 Å². The summed E-state index contributed by atoms with van der Waals surface area (Å²) in [5.74, 6) is -3.36. The van der Waals surface area contributed by atoms with E-state index in [1.807, 2.05) is 36.4 Å². The minimum Gasteiger partial charge on any atom is -0.481 e. The van der Waals surface area contributed by atoms with Crippen molar-refractivity contribution in [2.24, 2.45) is 5.92 Å². The smallest absolute Gasteiger partial charge is 0.322 e. The summed E-state index contributed by atoms with van der Waals surface area (Å²) in [7, 11) is 1.18. The first-order chi connectivity index (χ1) is 10.6. The molecule has 2 N–H and O–H groups in total. The summed E-state index contributed by atoms with van der Waals surface area (Å²) in [6.07, 6.45) is 0. The molecular formula is C17H17NO4. The summed E-state index contributed by atoms with van der Waals surface area (Å²) in [6, 6.07) is 17.4. The third-order valence-electron chi connectivity index (χ3n) is 3.31. The topological polar surface area (TPSA) is 75.6 Å². The molecule has 0 saturated carbocycles. The molecule has 0 saturated heterocycles. The van der Waals surface area contributed by atoms with Crippen LogP contribution in [-0.2, 0) is 14.3 Å². The van der Waals surface area contributed by atoms with Crippen LogP contribution < -0.4 is 5.32 Å². The predicted octanol–water partition coefficient (Wildman–Crippen LogP) is 2.71. The second-order valence-electron chi connectivity index (χ2n) is 4.74. The number of carbonyl (C=O) groups excluding carboxylic acids is 1. The van der Waals surface area contributed by atoms with E-state index < -0.39 is 23.9 Å². The van der Waals surface area contributed by atoms with Crippen LogP contribution in [0.15, 0.2) is 60.7 Å². The van der Waals surface area contributed by atoms with Crippen LogP contribution in [0.4, 0.5) is 5.69 Å². The van der Waals surface area contributed by atoms with Gasteiger partial charge in [-0.3, -0.25) is 9.59 Å². The molecule has 2 atom stereocenters. The lowest BCUT2D eigenvalue weighted by Crippen LogP contribution is -2.35. The van der Waals surface area contributed by atoms with E-state index in [0.717, 1.165) is 5.69 Å². The third-order valence-corrected chi connectivity index (χ3v) is 3.31. The number of aliphatic carboxylic acids is 1. The van der Waals surface area contributed by atoms with E-state index in [1.54, 1.807) is 24.3 Å². The van der Waals surface area contributed by atoms with Crippen LogP contribution in [0.2, 0.25) is 0 Å². The van der Waals surface area contributed by atoms with Gasteiger partial charge in [0, 0.05) is 5.69 Å². The number of carboxylic acid groups (broad SMARTS) is 1. The van der Waals surface area contributed by atoms with E-state index in [1.165, 1.54) is 7.11 Å². The Morgan fingerprint density at radius 1 is 1.00 bits per heavy atom. The second kappa shape index (κ2) is 7.26. The van der Waals surface area contributed by atoms with Crippen molar-refractivity contribution in [1.82, 2.24) is 0 Å².